The second-order valence-corrected chi connectivity index (χ2v) is 7.88. The largest absolute Gasteiger partial charge is 0.328 e. The number of hydrogen-bond acceptors (Lipinski definition) is 3. The highest BCUT2D eigenvalue weighted by Crippen LogP contribution is 2.16. The van der Waals surface area contributed by atoms with Gasteiger partial charge in [-0.1, -0.05) is 24.3 Å². The van der Waals surface area contributed by atoms with Gasteiger partial charge in [0.2, 0.25) is 10.0 Å². The summed E-state index contributed by atoms with van der Waals surface area (Å²) in [5.74, 6) is 0. The van der Waals surface area contributed by atoms with Gasteiger partial charge in [-0.25, -0.2) is 17.9 Å². The minimum atomic E-state index is -3.62. The predicted molar refractivity (Wildman–Crippen MR) is 98.3 cm³/mol. The molecule has 0 aliphatic rings. The topological polar surface area (TPSA) is 73.1 Å². The van der Waals surface area contributed by atoms with Crippen molar-refractivity contribution in [2.45, 2.75) is 25.3 Å². The summed E-state index contributed by atoms with van der Waals surface area (Å²) < 4.78 is 30.8. The molecule has 2 aromatic carbocycles. The zero-order valence-electron chi connectivity index (χ0n) is 14.5. The molecule has 0 amide bonds. The number of rotatable bonds is 5. The standard InChI is InChI=1S/C18H21N3O3S/c1-13-8-9-14(2)17(12-13)25(23,24)19-10-11-21-16-7-5-4-6-15(16)20(3)18(21)22/h4-9,12,19H,10-11H2,1-3H3. The molecule has 6 nitrogen and oxygen atoms in total. The van der Waals surface area contributed by atoms with E-state index in [0.717, 1.165) is 16.6 Å². The molecule has 1 aromatic heterocycles. The molecule has 0 radical (unpaired) electrons. The van der Waals surface area contributed by atoms with Gasteiger partial charge < -0.3 is 0 Å². The molecule has 1 N–H and O–H groups in total. The number of benzene rings is 2. The van der Waals surface area contributed by atoms with Crippen LogP contribution >= 0.6 is 0 Å². The van der Waals surface area contributed by atoms with Crippen molar-refractivity contribution in [3.63, 3.8) is 0 Å². The van der Waals surface area contributed by atoms with Gasteiger partial charge in [0.15, 0.2) is 0 Å². The Morgan fingerprint density at radius 2 is 1.72 bits per heavy atom. The first-order valence-electron chi connectivity index (χ1n) is 8.02. The van der Waals surface area contributed by atoms with Gasteiger partial charge in [0.25, 0.3) is 0 Å². The maximum atomic E-state index is 12.5. The lowest BCUT2D eigenvalue weighted by atomic mass is 10.2. The van der Waals surface area contributed by atoms with E-state index >= 15 is 0 Å². The van der Waals surface area contributed by atoms with Crippen molar-refractivity contribution < 1.29 is 8.42 Å². The quantitative estimate of drug-likeness (QED) is 0.757. The molecule has 0 aliphatic carbocycles. The Hall–Kier alpha value is -2.38. The lowest BCUT2D eigenvalue weighted by molar-refractivity contribution is 0.570. The van der Waals surface area contributed by atoms with E-state index in [2.05, 4.69) is 4.72 Å². The van der Waals surface area contributed by atoms with Crippen molar-refractivity contribution in [3.8, 4) is 0 Å². The van der Waals surface area contributed by atoms with Crippen molar-refractivity contribution in [1.82, 2.24) is 13.9 Å². The molecule has 0 fully saturated rings. The minimum Gasteiger partial charge on any atom is -0.295 e. The lowest BCUT2D eigenvalue weighted by Gasteiger charge is -2.10. The smallest absolute Gasteiger partial charge is 0.295 e. The number of para-hydroxylation sites is 2. The fraction of sp³-hybridized carbons (Fsp3) is 0.278. The van der Waals surface area contributed by atoms with E-state index in [9.17, 15) is 13.2 Å². The summed E-state index contributed by atoms with van der Waals surface area (Å²) in [5, 5.41) is 0. The fourth-order valence-corrected chi connectivity index (χ4v) is 4.29. The van der Waals surface area contributed by atoms with Crippen LogP contribution in [-0.4, -0.2) is 24.1 Å². The summed E-state index contributed by atoms with van der Waals surface area (Å²) in [6.07, 6.45) is 0. The van der Waals surface area contributed by atoms with Gasteiger partial charge in [-0.05, 0) is 43.2 Å². The Morgan fingerprint density at radius 1 is 1.04 bits per heavy atom. The number of sulfonamides is 1. The van der Waals surface area contributed by atoms with E-state index in [0.29, 0.717) is 5.56 Å². The predicted octanol–water partition coefficient (Wildman–Crippen LogP) is 1.94. The number of imidazole rings is 1. The van der Waals surface area contributed by atoms with Crippen LogP contribution in [0, 0.1) is 13.8 Å². The summed E-state index contributed by atoms with van der Waals surface area (Å²) in [6, 6.07) is 12.8. The van der Waals surface area contributed by atoms with Gasteiger partial charge in [0.1, 0.15) is 0 Å². The minimum absolute atomic E-state index is 0.142. The molecule has 0 saturated carbocycles. The first kappa shape index (κ1) is 17.4. The molecule has 7 heteroatoms. The maximum absolute atomic E-state index is 12.5. The van der Waals surface area contributed by atoms with E-state index in [1.807, 2.05) is 37.3 Å². The Kier molecular flexibility index (Phi) is 4.53. The van der Waals surface area contributed by atoms with Gasteiger partial charge in [-0.15, -0.1) is 0 Å². The van der Waals surface area contributed by atoms with Crippen molar-refractivity contribution in [1.29, 1.82) is 0 Å². The highest BCUT2D eigenvalue weighted by Gasteiger charge is 2.17. The van der Waals surface area contributed by atoms with Crippen molar-refractivity contribution in [2.75, 3.05) is 6.54 Å². The van der Waals surface area contributed by atoms with Crippen molar-refractivity contribution in [2.24, 2.45) is 7.05 Å². The van der Waals surface area contributed by atoms with Crippen molar-refractivity contribution >= 4 is 21.1 Å². The second kappa shape index (κ2) is 6.50. The normalized spacial score (nSPS) is 12.0. The summed E-state index contributed by atoms with van der Waals surface area (Å²) >= 11 is 0. The summed E-state index contributed by atoms with van der Waals surface area (Å²) in [5.41, 5.74) is 3.04. The number of fused-ring (bicyclic) bond motifs is 1. The molecule has 0 saturated heterocycles. The van der Waals surface area contributed by atoms with Crippen LogP contribution in [0.25, 0.3) is 11.0 Å². The van der Waals surface area contributed by atoms with Gasteiger partial charge in [0, 0.05) is 20.1 Å². The Labute approximate surface area is 146 Å². The fourth-order valence-electron chi connectivity index (χ4n) is 2.95. The van der Waals surface area contributed by atoms with Gasteiger partial charge in [0.05, 0.1) is 15.9 Å². The molecule has 0 unspecified atom stereocenters. The number of nitrogens with zero attached hydrogens (tertiary/aromatic N) is 2. The van der Waals surface area contributed by atoms with Crippen LogP contribution in [-0.2, 0) is 23.6 Å². The zero-order chi connectivity index (χ0) is 18.2. The molecule has 132 valence electrons. The third-order valence-electron chi connectivity index (χ3n) is 4.31. The molecule has 0 spiro atoms. The molecule has 25 heavy (non-hydrogen) atoms. The average molecular weight is 359 g/mol. The highest BCUT2D eigenvalue weighted by atomic mass is 32.2. The van der Waals surface area contributed by atoms with Crippen molar-refractivity contribution in [3.05, 3.63) is 64.1 Å². The molecule has 0 bridgehead atoms. The Balaban J connectivity index is 1.83. The van der Waals surface area contributed by atoms with Crippen LogP contribution in [0.2, 0.25) is 0 Å². The molecule has 3 aromatic rings. The van der Waals surface area contributed by atoms with E-state index < -0.39 is 10.0 Å². The van der Waals surface area contributed by atoms with E-state index in [-0.39, 0.29) is 23.7 Å². The second-order valence-electron chi connectivity index (χ2n) is 6.15. The van der Waals surface area contributed by atoms with Crippen LogP contribution in [0.4, 0.5) is 0 Å². The summed E-state index contributed by atoms with van der Waals surface area (Å²) in [6.45, 7) is 4.03. The molecule has 3 rings (SSSR count). The molecular weight excluding hydrogens is 338 g/mol. The Morgan fingerprint density at radius 3 is 2.44 bits per heavy atom. The first-order chi connectivity index (χ1) is 11.8. The number of hydrogen-bond donors (Lipinski definition) is 1. The van der Waals surface area contributed by atoms with Gasteiger partial charge in [-0.3, -0.25) is 9.13 Å². The highest BCUT2D eigenvalue weighted by molar-refractivity contribution is 7.89. The third kappa shape index (κ3) is 3.25. The van der Waals surface area contributed by atoms with Gasteiger partial charge in [-0.2, -0.15) is 0 Å². The van der Waals surface area contributed by atoms with Gasteiger partial charge >= 0.3 is 5.69 Å². The van der Waals surface area contributed by atoms with Crippen LogP contribution < -0.4 is 10.4 Å². The van der Waals surface area contributed by atoms with E-state index in [1.54, 1.807) is 35.2 Å². The van der Waals surface area contributed by atoms with E-state index in [4.69, 9.17) is 0 Å². The zero-order valence-corrected chi connectivity index (χ0v) is 15.3. The van der Waals surface area contributed by atoms with E-state index in [1.165, 1.54) is 0 Å². The monoisotopic (exact) mass is 359 g/mol. The maximum Gasteiger partial charge on any atom is 0.328 e. The molecule has 1 heterocycles. The SMILES string of the molecule is Cc1ccc(C)c(S(=O)(=O)NCCn2c(=O)n(C)c3ccccc32)c1. The molecule has 0 atom stereocenters. The lowest BCUT2D eigenvalue weighted by Crippen LogP contribution is -2.31. The van der Waals surface area contributed by atoms with Crippen LogP contribution in [0.3, 0.4) is 0 Å². The number of aryl methyl sites for hydroxylation is 3. The molecular formula is C18H21N3O3S. The number of nitrogens with one attached hydrogen (secondary N) is 1. The van der Waals surface area contributed by atoms with Crippen LogP contribution in [0.5, 0.6) is 0 Å². The number of aromatic nitrogens is 2. The summed E-state index contributed by atoms with van der Waals surface area (Å²) in [4.78, 5) is 12.6. The van der Waals surface area contributed by atoms with Crippen LogP contribution in [0.1, 0.15) is 11.1 Å². The van der Waals surface area contributed by atoms with Crippen LogP contribution in [0.15, 0.2) is 52.2 Å². The molecule has 0 aliphatic heterocycles. The summed E-state index contributed by atoms with van der Waals surface area (Å²) in [7, 11) is -1.91. The average Bonchev–Trinajstić information content (AvgIpc) is 2.82. The Bertz CT molecular complexity index is 1090. The first-order valence-corrected chi connectivity index (χ1v) is 9.51. The third-order valence-corrected chi connectivity index (χ3v) is 5.92.